The topological polar surface area (TPSA) is 12.9 Å². The molecule has 0 aliphatic carbocycles. The Labute approximate surface area is 230 Å². The third-order valence-corrected chi connectivity index (χ3v) is 8.07. The van der Waals surface area contributed by atoms with Crippen molar-refractivity contribution in [1.82, 2.24) is 4.98 Å². The minimum atomic E-state index is -4.90. The number of alkyl halides is 6. The molecule has 1 aromatic heterocycles. The van der Waals surface area contributed by atoms with Gasteiger partial charge >= 0.3 is 12.4 Å². The number of halogens is 7. The summed E-state index contributed by atoms with van der Waals surface area (Å²) in [6.07, 6.45) is -8.03. The van der Waals surface area contributed by atoms with Gasteiger partial charge in [-0.1, -0.05) is 51.4 Å². The molecule has 4 aromatic carbocycles. The summed E-state index contributed by atoms with van der Waals surface area (Å²) in [5, 5.41) is 1.49. The Morgan fingerprint density at radius 1 is 0.526 bits per heavy atom. The molecule has 0 aliphatic rings. The van der Waals surface area contributed by atoms with Crippen molar-refractivity contribution >= 4 is 40.9 Å². The molecule has 0 amide bonds. The maximum absolute atomic E-state index is 13.3. The predicted octanol–water partition coefficient (Wildman–Crippen LogP) is 10.7. The maximum Gasteiger partial charge on any atom is 0.416 e. The summed E-state index contributed by atoms with van der Waals surface area (Å²) in [5.74, 6) is 0. The highest BCUT2D eigenvalue weighted by Gasteiger charge is 2.37. The van der Waals surface area contributed by atoms with Crippen LogP contribution in [0.25, 0.3) is 44.3 Å². The van der Waals surface area contributed by atoms with Gasteiger partial charge in [-0.25, -0.2) is 0 Å². The first kappa shape index (κ1) is 26.6. The van der Waals surface area contributed by atoms with Gasteiger partial charge in [0.05, 0.1) is 16.8 Å². The second-order valence-electron chi connectivity index (χ2n) is 8.60. The summed E-state index contributed by atoms with van der Waals surface area (Å²) in [7, 11) is 1.64. The maximum atomic E-state index is 13.3. The van der Waals surface area contributed by atoms with Gasteiger partial charge in [-0.3, -0.25) is 4.98 Å². The predicted molar refractivity (Wildman–Crippen MR) is 148 cm³/mol. The summed E-state index contributed by atoms with van der Waals surface area (Å²) in [4.78, 5) is 5.73. The summed E-state index contributed by atoms with van der Waals surface area (Å²) in [6.45, 7) is 0. The monoisotopic (exact) mass is 651 g/mol. The lowest BCUT2D eigenvalue weighted by Gasteiger charge is -2.15. The van der Waals surface area contributed by atoms with Crippen LogP contribution in [0.15, 0.2) is 102 Å². The fourth-order valence-corrected chi connectivity index (χ4v) is 5.26. The molecule has 0 aliphatic heterocycles. The van der Waals surface area contributed by atoms with Crippen molar-refractivity contribution in [2.75, 3.05) is 0 Å². The number of benzene rings is 4. The van der Waals surface area contributed by atoms with E-state index in [1.807, 2.05) is 48.5 Å². The summed E-state index contributed by atoms with van der Waals surface area (Å²) in [6, 6.07) is 24.0. The van der Waals surface area contributed by atoms with E-state index in [0.29, 0.717) is 5.39 Å². The van der Waals surface area contributed by atoms with Gasteiger partial charge in [-0.15, -0.1) is 0 Å². The van der Waals surface area contributed by atoms with Crippen LogP contribution >= 0.6 is 30.1 Å². The van der Waals surface area contributed by atoms with Crippen LogP contribution in [0.3, 0.4) is 0 Å². The zero-order chi connectivity index (χ0) is 27.1. The Bertz CT molecular complexity index is 1580. The molecule has 0 unspecified atom stereocenters. The van der Waals surface area contributed by atoms with E-state index in [4.69, 9.17) is 0 Å². The van der Waals surface area contributed by atoms with Gasteiger partial charge < -0.3 is 0 Å². The van der Waals surface area contributed by atoms with Crippen molar-refractivity contribution in [3.8, 4) is 33.5 Å². The van der Waals surface area contributed by atoms with Gasteiger partial charge in [0.1, 0.15) is 0 Å². The van der Waals surface area contributed by atoms with E-state index < -0.39 is 23.5 Å². The second kappa shape index (κ2) is 10.3. The molecule has 0 radical (unpaired) electrons. The molecule has 0 saturated heterocycles. The van der Waals surface area contributed by atoms with E-state index in [-0.39, 0.29) is 17.2 Å². The molecule has 192 valence electrons. The molecule has 1 heterocycles. The Morgan fingerprint density at radius 3 is 1.50 bits per heavy atom. The fraction of sp³-hybridized carbons (Fsp3) is 0.0690. The third kappa shape index (κ3) is 5.68. The molecule has 0 fully saturated rings. The minimum Gasteiger partial charge on any atom is -0.256 e. The highest BCUT2D eigenvalue weighted by molar-refractivity contribution is 14.2. The lowest BCUT2D eigenvalue weighted by atomic mass is 9.95. The average molecular weight is 651 g/mol. The number of aromatic nitrogens is 1. The fourth-order valence-electron chi connectivity index (χ4n) is 4.14. The molecule has 0 spiro atoms. The Morgan fingerprint density at radius 2 is 1.03 bits per heavy atom. The Balaban J connectivity index is 1.46. The smallest absolute Gasteiger partial charge is 0.256 e. The molecule has 5 aromatic rings. The molecule has 9 heteroatoms. The molecule has 1 nitrogen and oxygen atoms in total. The summed E-state index contributed by atoms with van der Waals surface area (Å²) >= 11 is 2.23. The highest BCUT2D eigenvalue weighted by Crippen LogP contribution is 2.39. The van der Waals surface area contributed by atoms with Gasteiger partial charge in [-0.2, -0.15) is 26.3 Å². The zero-order valence-corrected chi connectivity index (χ0v) is 22.2. The Hall–Kier alpha value is -3.05. The van der Waals surface area contributed by atoms with Crippen LogP contribution in [0, 0.1) is 0 Å². The Kier molecular flexibility index (Phi) is 7.17. The van der Waals surface area contributed by atoms with Crippen LogP contribution in [0.1, 0.15) is 11.1 Å². The van der Waals surface area contributed by atoms with Crippen molar-refractivity contribution < 1.29 is 26.3 Å². The number of pyridine rings is 1. The summed E-state index contributed by atoms with van der Waals surface area (Å²) < 4.78 is 79.7. The van der Waals surface area contributed by atoms with Crippen molar-refractivity contribution in [1.29, 1.82) is 0 Å². The second-order valence-corrected chi connectivity index (χ2v) is 10.6. The van der Waals surface area contributed by atoms with E-state index in [9.17, 15) is 26.3 Å². The van der Waals surface area contributed by atoms with Crippen LogP contribution in [0.2, 0.25) is 0 Å². The molecule has 38 heavy (non-hydrogen) atoms. The number of nitrogens with zero attached hydrogens (tertiary/aromatic N) is 1. The van der Waals surface area contributed by atoms with Crippen LogP contribution in [-0.2, 0) is 12.4 Å². The standard InChI is InChI=1S/C29H16F6INS/c30-28(31,32)24-13-23(14-25(15-24)29(33,34)35)21-4-2-18-11-20(3-1-19(18)12-21)22-7-10-27(37-16-22)17-5-8-26(38-36)9-6-17/h1-16H. The van der Waals surface area contributed by atoms with Crippen molar-refractivity contribution in [3.63, 3.8) is 0 Å². The normalized spacial score (nSPS) is 12.2. The molecule has 0 N–H and O–H groups in total. The van der Waals surface area contributed by atoms with Gasteiger partial charge in [0.25, 0.3) is 0 Å². The van der Waals surface area contributed by atoms with E-state index in [0.717, 1.165) is 44.8 Å². The van der Waals surface area contributed by atoms with Crippen LogP contribution in [-0.4, -0.2) is 4.98 Å². The number of fused-ring (bicyclic) bond motifs is 1. The van der Waals surface area contributed by atoms with Gasteiger partial charge in [0, 0.05) is 43.4 Å². The molecular weight excluding hydrogens is 635 g/mol. The average Bonchev–Trinajstić information content (AvgIpc) is 2.91. The molecule has 5 rings (SSSR count). The number of rotatable bonds is 4. The van der Waals surface area contributed by atoms with Crippen LogP contribution < -0.4 is 0 Å². The quantitative estimate of drug-likeness (QED) is 0.142. The van der Waals surface area contributed by atoms with E-state index in [1.165, 1.54) is 6.07 Å². The minimum absolute atomic E-state index is 0.134. The molecular formula is C29H16F6INS. The van der Waals surface area contributed by atoms with E-state index in [2.05, 4.69) is 26.2 Å². The van der Waals surface area contributed by atoms with Gasteiger partial charge in [-0.05, 0) is 76.0 Å². The van der Waals surface area contributed by atoms with Crippen molar-refractivity contribution in [3.05, 3.63) is 108 Å². The lowest BCUT2D eigenvalue weighted by molar-refractivity contribution is -0.143. The number of hydrogen-bond donors (Lipinski definition) is 0. The van der Waals surface area contributed by atoms with Gasteiger partial charge in [0.2, 0.25) is 0 Å². The largest absolute Gasteiger partial charge is 0.416 e. The van der Waals surface area contributed by atoms with E-state index >= 15 is 0 Å². The highest BCUT2D eigenvalue weighted by atomic mass is 127. The van der Waals surface area contributed by atoms with Crippen LogP contribution in [0.4, 0.5) is 26.3 Å². The first-order valence-corrected chi connectivity index (χ1v) is 14.6. The first-order chi connectivity index (χ1) is 18.0. The third-order valence-electron chi connectivity index (χ3n) is 6.10. The van der Waals surface area contributed by atoms with Gasteiger partial charge in [0.15, 0.2) is 0 Å². The van der Waals surface area contributed by atoms with E-state index in [1.54, 1.807) is 33.3 Å². The lowest BCUT2D eigenvalue weighted by Crippen LogP contribution is -2.11. The number of hydrogen-bond acceptors (Lipinski definition) is 2. The summed E-state index contributed by atoms with van der Waals surface area (Å²) in [5.41, 5.74) is 1.04. The van der Waals surface area contributed by atoms with Crippen molar-refractivity contribution in [2.24, 2.45) is 0 Å². The molecule has 0 bridgehead atoms. The molecule has 0 saturated carbocycles. The zero-order valence-electron chi connectivity index (χ0n) is 19.2. The first-order valence-electron chi connectivity index (χ1n) is 11.2. The van der Waals surface area contributed by atoms with Crippen molar-refractivity contribution in [2.45, 2.75) is 17.2 Å². The van der Waals surface area contributed by atoms with Crippen LogP contribution in [0.5, 0.6) is 0 Å². The SMILES string of the molecule is FC(F)(F)c1cc(-c2ccc3cc(-c4ccc(-c5ccc(SI)cc5)nc4)ccc3c2)cc(C(F)(F)F)c1. The molecule has 0 atom stereocenters.